The molecule has 1 heterocycles. The smallest absolute Gasteiger partial charge is 0.219 e. The van der Waals surface area contributed by atoms with E-state index in [1.54, 1.807) is 0 Å². The molecule has 0 spiro atoms. The summed E-state index contributed by atoms with van der Waals surface area (Å²) in [4.78, 5) is 33.9. The Morgan fingerprint density at radius 3 is 2.36 bits per heavy atom. The second-order valence-electron chi connectivity index (χ2n) is 1.77. The van der Waals surface area contributed by atoms with Crippen molar-refractivity contribution in [3.05, 3.63) is 17.7 Å². The van der Waals surface area contributed by atoms with E-state index in [1.807, 2.05) is 0 Å². The first-order valence-electron chi connectivity index (χ1n) is 2.76. The molecule has 1 aromatic heterocycles. The first kappa shape index (κ1) is 7.33. The van der Waals surface area contributed by atoms with Crippen LogP contribution in [0.4, 0.5) is 0 Å². The van der Waals surface area contributed by atoms with Crippen molar-refractivity contribution in [3.63, 3.8) is 0 Å². The fourth-order valence-electron chi connectivity index (χ4n) is 0.656. The number of aromatic nitrogens is 2. The Balaban J connectivity index is 3.21. The summed E-state index contributed by atoms with van der Waals surface area (Å²) in [7, 11) is 0. The van der Waals surface area contributed by atoms with E-state index in [0.717, 1.165) is 4.57 Å². The Labute approximate surface area is 61.6 Å². The molecule has 11 heavy (non-hydrogen) atoms. The van der Waals surface area contributed by atoms with Crippen molar-refractivity contribution in [2.24, 2.45) is 0 Å². The zero-order chi connectivity index (χ0) is 8.27. The van der Waals surface area contributed by atoms with E-state index in [0.29, 0.717) is 19.0 Å². The van der Waals surface area contributed by atoms with Crippen molar-refractivity contribution < 1.29 is 14.4 Å². The molecule has 5 nitrogen and oxygen atoms in total. The molecule has 5 heteroatoms. The molecule has 56 valence electrons. The third-order valence-corrected chi connectivity index (χ3v) is 1.12. The Bertz CT molecular complexity index is 277. The normalized spacial score (nSPS) is 9.09. The minimum atomic E-state index is -0.0675. The van der Waals surface area contributed by atoms with E-state index >= 15 is 0 Å². The van der Waals surface area contributed by atoms with Crippen molar-refractivity contribution in [3.8, 4) is 0 Å². The Kier molecular flexibility index (Phi) is 1.91. The van der Waals surface area contributed by atoms with E-state index in [2.05, 4.69) is 4.98 Å². The summed E-state index contributed by atoms with van der Waals surface area (Å²) in [6.45, 7) is 0. The standard InChI is InChI=1S/C6H4N2O3/c9-2-5-1-8(4-11)6(3-10)7-5/h1-4H. The molecule has 0 aliphatic heterocycles. The van der Waals surface area contributed by atoms with Crippen LogP contribution in [-0.2, 0) is 4.79 Å². The van der Waals surface area contributed by atoms with Crippen LogP contribution in [0.2, 0.25) is 0 Å². The van der Waals surface area contributed by atoms with Crippen molar-refractivity contribution >= 4 is 19.0 Å². The van der Waals surface area contributed by atoms with Gasteiger partial charge in [-0.25, -0.2) is 4.98 Å². The highest BCUT2D eigenvalue weighted by Gasteiger charge is 2.03. The van der Waals surface area contributed by atoms with Crippen LogP contribution in [0.15, 0.2) is 6.20 Å². The molecule has 0 saturated heterocycles. The van der Waals surface area contributed by atoms with Gasteiger partial charge in [0.2, 0.25) is 6.41 Å². The van der Waals surface area contributed by atoms with Gasteiger partial charge in [-0.05, 0) is 0 Å². The third kappa shape index (κ3) is 1.21. The molecule has 0 fully saturated rings. The van der Waals surface area contributed by atoms with E-state index in [9.17, 15) is 14.4 Å². The molecule has 0 N–H and O–H groups in total. The maximum absolute atomic E-state index is 10.2. The van der Waals surface area contributed by atoms with Crippen molar-refractivity contribution in [1.29, 1.82) is 0 Å². The van der Waals surface area contributed by atoms with Gasteiger partial charge in [0.1, 0.15) is 5.69 Å². The average molecular weight is 152 g/mol. The van der Waals surface area contributed by atoms with Gasteiger partial charge in [0.25, 0.3) is 0 Å². The van der Waals surface area contributed by atoms with Gasteiger partial charge >= 0.3 is 0 Å². The second-order valence-corrected chi connectivity index (χ2v) is 1.77. The van der Waals surface area contributed by atoms with Crippen LogP contribution in [0, 0.1) is 0 Å². The Morgan fingerprint density at radius 2 is 2.00 bits per heavy atom. The molecule has 0 radical (unpaired) electrons. The SMILES string of the molecule is O=Cc1cn(C=O)c(C=O)n1. The highest BCUT2D eigenvalue weighted by molar-refractivity contribution is 5.79. The number of aldehydes is 2. The number of carbonyl (C=O) groups excluding carboxylic acids is 3. The van der Waals surface area contributed by atoms with E-state index in [1.165, 1.54) is 6.20 Å². The molecule has 1 rings (SSSR count). The highest BCUT2D eigenvalue weighted by Crippen LogP contribution is 1.94. The molecular weight excluding hydrogens is 148 g/mol. The number of nitrogens with zero attached hydrogens (tertiary/aromatic N) is 2. The van der Waals surface area contributed by atoms with Gasteiger partial charge in [-0.1, -0.05) is 0 Å². The van der Waals surface area contributed by atoms with Crippen molar-refractivity contribution in [2.75, 3.05) is 0 Å². The maximum atomic E-state index is 10.2. The molecule has 0 aromatic carbocycles. The van der Waals surface area contributed by atoms with Gasteiger partial charge in [0, 0.05) is 6.20 Å². The molecule has 0 aliphatic rings. The van der Waals surface area contributed by atoms with E-state index in [4.69, 9.17) is 0 Å². The van der Waals surface area contributed by atoms with Crippen LogP contribution < -0.4 is 0 Å². The van der Waals surface area contributed by atoms with Crippen LogP contribution in [0.5, 0.6) is 0 Å². The first-order chi connectivity index (χ1) is 5.31. The summed E-state index contributed by atoms with van der Waals surface area (Å²) < 4.78 is 0.941. The quantitative estimate of drug-likeness (QED) is 0.550. The topological polar surface area (TPSA) is 69.0 Å². The van der Waals surface area contributed by atoms with Crippen molar-refractivity contribution in [2.45, 2.75) is 0 Å². The number of rotatable bonds is 3. The molecule has 0 bridgehead atoms. The lowest BCUT2D eigenvalue weighted by Gasteiger charge is -1.84. The summed E-state index contributed by atoms with van der Waals surface area (Å²) in [5.41, 5.74) is 0.0687. The lowest BCUT2D eigenvalue weighted by atomic mass is 10.5. The summed E-state index contributed by atoms with van der Waals surface area (Å²) in [5.74, 6) is -0.0675. The van der Waals surface area contributed by atoms with Gasteiger partial charge < -0.3 is 0 Å². The van der Waals surface area contributed by atoms with E-state index in [-0.39, 0.29) is 11.5 Å². The predicted molar refractivity (Wildman–Crippen MR) is 35.2 cm³/mol. The summed E-state index contributed by atoms with van der Waals surface area (Å²) >= 11 is 0. The first-order valence-corrected chi connectivity index (χ1v) is 2.76. The predicted octanol–water partition coefficient (Wildman–Crippen LogP) is -0.454. The largest absolute Gasteiger partial charge is 0.296 e. The lowest BCUT2D eigenvalue weighted by Crippen LogP contribution is -1.98. The summed E-state index contributed by atoms with van der Waals surface area (Å²) in [6, 6.07) is 0. The zero-order valence-electron chi connectivity index (χ0n) is 5.43. The maximum Gasteiger partial charge on any atom is 0.219 e. The van der Waals surface area contributed by atoms with E-state index < -0.39 is 0 Å². The molecule has 0 aliphatic carbocycles. The minimum Gasteiger partial charge on any atom is -0.296 e. The van der Waals surface area contributed by atoms with Crippen LogP contribution >= 0.6 is 0 Å². The zero-order valence-corrected chi connectivity index (χ0v) is 5.43. The van der Waals surface area contributed by atoms with Gasteiger partial charge in [-0.2, -0.15) is 0 Å². The van der Waals surface area contributed by atoms with Crippen molar-refractivity contribution in [1.82, 2.24) is 9.55 Å². The highest BCUT2D eigenvalue weighted by atomic mass is 16.1. The molecule has 1 aromatic rings. The molecule has 0 amide bonds. The molecular formula is C6H4N2O3. The van der Waals surface area contributed by atoms with Crippen LogP contribution in [0.3, 0.4) is 0 Å². The number of hydrogen-bond acceptors (Lipinski definition) is 4. The summed E-state index contributed by atoms with van der Waals surface area (Å²) in [5, 5.41) is 0. The van der Waals surface area contributed by atoms with Gasteiger partial charge in [-0.3, -0.25) is 19.0 Å². The monoisotopic (exact) mass is 152 g/mol. The fourth-order valence-corrected chi connectivity index (χ4v) is 0.656. The Hall–Kier alpha value is -1.78. The molecule has 0 atom stereocenters. The van der Waals surface area contributed by atoms with Crippen LogP contribution in [0.25, 0.3) is 0 Å². The number of hydrogen-bond donors (Lipinski definition) is 0. The second kappa shape index (κ2) is 2.87. The molecule has 0 unspecified atom stereocenters. The lowest BCUT2D eigenvalue weighted by molar-refractivity contribution is 0.111. The number of imidazole rings is 1. The fraction of sp³-hybridized carbons (Fsp3) is 0. The van der Waals surface area contributed by atoms with Crippen LogP contribution in [0.1, 0.15) is 21.1 Å². The minimum absolute atomic E-state index is 0.0675. The molecule has 0 saturated carbocycles. The third-order valence-electron chi connectivity index (χ3n) is 1.12. The van der Waals surface area contributed by atoms with Gasteiger partial charge in [-0.15, -0.1) is 0 Å². The summed E-state index contributed by atoms with van der Waals surface area (Å²) in [6.07, 6.45) is 2.46. The number of carbonyl (C=O) groups is 3. The average Bonchev–Trinajstić information content (AvgIpc) is 2.46. The van der Waals surface area contributed by atoms with Gasteiger partial charge in [0.05, 0.1) is 0 Å². The van der Waals surface area contributed by atoms with Gasteiger partial charge in [0.15, 0.2) is 18.4 Å². The Morgan fingerprint density at radius 1 is 1.27 bits per heavy atom. The van der Waals surface area contributed by atoms with Crippen LogP contribution in [-0.4, -0.2) is 28.5 Å².